The van der Waals surface area contributed by atoms with Gasteiger partial charge in [-0.25, -0.2) is 4.39 Å². The first-order valence-electron chi connectivity index (χ1n) is 13.6. The van der Waals surface area contributed by atoms with Gasteiger partial charge in [0.2, 0.25) is 10.9 Å². The molecule has 1 spiro atoms. The molecule has 0 N–H and O–H groups in total. The molecule has 0 saturated heterocycles. The van der Waals surface area contributed by atoms with E-state index in [-0.39, 0.29) is 39.9 Å². The largest absolute Gasteiger partial charge is 0.450 e. The molecule has 42 heavy (non-hydrogen) atoms. The monoisotopic (exact) mass is 580 g/mol. The third kappa shape index (κ3) is 3.68. The summed E-state index contributed by atoms with van der Waals surface area (Å²) >= 11 is 1.20. The molecule has 2 aliphatic rings. The topological polar surface area (TPSA) is 96.6 Å². The maximum absolute atomic E-state index is 14.9. The van der Waals surface area contributed by atoms with Gasteiger partial charge >= 0.3 is 0 Å². The molecule has 0 fully saturated rings. The number of carbonyl (C=O) groups is 2. The van der Waals surface area contributed by atoms with Gasteiger partial charge in [0.1, 0.15) is 16.4 Å². The molecule has 2 aromatic heterocycles. The van der Waals surface area contributed by atoms with Crippen molar-refractivity contribution in [1.82, 2.24) is 10.2 Å². The van der Waals surface area contributed by atoms with Gasteiger partial charge in [-0.3, -0.25) is 19.3 Å². The number of hydrogen-bond acceptors (Lipinski definition) is 7. The lowest BCUT2D eigenvalue weighted by molar-refractivity contribution is -0.121. The summed E-state index contributed by atoms with van der Waals surface area (Å²) in [6.07, 6.45) is 0.629. The van der Waals surface area contributed by atoms with Gasteiger partial charge < -0.3 is 9.32 Å². The summed E-state index contributed by atoms with van der Waals surface area (Å²) in [4.78, 5) is 46.3. The molecule has 5 aromatic rings. The Morgan fingerprint density at radius 2 is 1.76 bits per heavy atom. The van der Waals surface area contributed by atoms with Crippen molar-refractivity contribution < 1.29 is 18.4 Å². The zero-order valence-electron chi connectivity index (χ0n) is 23.1. The predicted molar refractivity (Wildman–Crippen MR) is 157 cm³/mol. The van der Waals surface area contributed by atoms with Crippen molar-refractivity contribution in [3.8, 4) is 0 Å². The Morgan fingerprint density at radius 3 is 2.52 bits per heavy atom. The Bertz CT molecular complexity index is 1980. The van der Waals surface area contributed by atoms with Crippen LogP contribution in [0.15, 0.2) is 75.9 Å². The minimum Gasteiger partial charge on any atom is -0.450 e. The van der Waals surface area contributed by atoms with E-state index in [4.69, 9.17) is 4.42 Å². The zero-order chi connectivity index (χ0) is 29.3. The molecule has 210 valence electrons. The van der Waals surface area contributed by atoms with Crippen LogP contribution in [0.3, 0.4) is 0 Å². The number of rotatable bonds is 5. The molecule has 3 aromatic carbocycles. The fourth-order valence-electron chi connectivity index (χ4n) is 5.94. The second-order valence-electron chi connectivity index (χ2n) is 11.1. The van der Waals surface area contributed by atoms with Gasteiger partial charge in [-0.05, 0) is 42.7 Å². The van der Waals surface area contributed by atoms with E-state index in [2.05, 4.69) is 10.2 Å². The van der Waals surface area contributed by atoms with Gasteiger partial charge in [0.05, 0.1) is 23.2 Å². The van der Waals surface area contributed by atoms with Crippen LogP contribution in [0.25, 0.3) is 11.0 Å². The zero-order valence-corrected chi connectivity index (χ0v) is 23.9. The predicted octanol–water partition coefficient (Wildman–Crippen LogP) is 5.74. The normalized spacial score (nSPS) is 17.6. The summed E-state index contributed by atoms with van der Waals surface area (Å²) in [7, 11) is 0. The Balaban J connectivity index is 1.52. The molecule has 2 aliphatic heterocycles. The highest BCUT2D eigenvalue weighted by Crippen LogP contribution is 2.54. The van der Waals surface area contributed by atoms with Gasteiger partial charge in [-0.15, -0.1) is 10.2 Å². The number of aromatic nitrogens is 2. The van der Waals surface area contributed by atoms with Gasteiger partial charge in [0.25, 0.3) is 11.8 Å². The Hall–Kier alpha value is -4.70. The molecule has 0 bridgehead atoms. The van der Waals surface area contributed by atoms with E-state index in [9.17, 15) is 18.8 Å². The minimum atomic E-state index is -1.91. The van der Waals surface area contributed by atoms with Crippen molar-refractivity contribution in [2.24, 2.45) is 5.92 Å². The Morgan fingerprint density at radius 1 is 1.00 bits per heavy atom. The lowest BCUT2D eigenvalue weighted by atomic mass is 9.84. The van der Waals surface area contributed by atoms with Crippen LogP contribution in [-0.4, -0.2) is 22.0 Å². The maximum Gasteiger partial charge on any atom is 0.297 e. The summed E-state index contributed by atoms with van der Waals surface area (Å²) in [6.45, 7) is 6.28. The van der Waals surface area contributed by atoms with Gasteiger partial charge in [-0.1, -0.05) is 73.2 Å². The van der Waals surface area contributed by atoms with Crippen molar-refractivity contribution >= 4 is 44.9 Å². The van der Waals surface area contributed by atoms with Crippen LogP contribution in [0.2, 0.25) is 0 Å². The fraction of sp³-hybridized carbons (Fsp3) is 0.219. The van der Waals surface area contributed by atoms with Crippen molar-refractivity contribution in [1.29, 1.82) is 0 Å². The number of nitrogens with zero attached hydrogens (tertiary/aromatic N) is 4. The van der Waals surface area contributed by atoms with Crippen LogP contribution >= 0.6 is 11.3 Å². The number of anilines is 2. The van der Waals surface area contributed by atoms with Gasteiger partial charge in [-0.2, -0.15) is 0 Å². The molecule has 2 amide bonds. The summed E-state index contributed by atoms with van der Waals surface area (Å²) < 4.78 is 20.4. The first-order valence-corrected chi connectivity index (χ1v) is 14.4. The van der Waals surface area contributed by atoms with E-state index < -0.39 is 28.6 Å². The summed E-state index contributed by atoms with van der Waals surface area (Å²) in [6, 6.07) is 18.5. The van der Waals surface area contributed by atoms with Crippen molar-refractivity contribution in [2.45, 2.75) is 39.3 Å². The standard InChI is InChI=1S/C32H25FN4O4S/c1-17(2)14-25-34-35-31(42-25)37-29(39)28-26(27(38)21-15-20(33)12-13-24(21)41-28)32(37)22-6-4-5-7-23(22)36(30(32)40)16-19-10-8-18(3)9-11-19/h4-13,15,17H,14,16H2,1-3H3. The molecule has 10 heteroatoms. The average molecular weight is 581 g/mol. The highest BCUT2D eigenvalue weighted by Gasteiger charge is 2.66. The highest BCUT2D eigenvalue weighted by atomic mass is 32.1. The van der Waals surface area contributed by atoms with E-state index in [1.807, 2.05) is 45.0 Å². The first kappa shape index (κ1) is 26.2. The van der Waals surface area contributed by atoms with E-state index >= 15 is 0 Å². The molecular weight excluding hydrogens is 555 g/mol. The van der Waals surface area contributed by atoms with Gasteiger partial charge in [0, 0.05) is 12.0 Å². The lowest BCUT2D eigenvalue weighted by Crippen LogP contribution is -2.53. The molecule has 7 rings (SSSR count). The third-order valence-electron chi connectivity index (χ3n) is 7.78. The van der Waals surface area contributed by atoms with E-state index in [1.54, 1.807) is 29.2 Å². The second-order valence-corrected chi connectivity index (χ2v) is 12.1. The van der Waals surface area contributed by atoms with Gasteiger partial charge in [0.15, 0.2) is 11.0 Å². The van der Waals surface area contributed by atoms with Crippen molar-refractivity contribution in [3.05, 3.63) is 116 Å². The summed E-state index contributed by atoms with van der Waals surface area (Å²) in [5, 5.41) is 9.47. The van der Waals surface area contributed by atoms with E-state index in [0.29, 0.717) is 22.7 Å². The SMILES string of the molecule is Cc1ccc(CN2C(=O)C3(c4ccccc42)c2c(oc4ccc(F)cc4c2=O)C(=O)N3c2nnc(CC(C)C)s2)cc1. The average Bonchev–Trinajstić information content (AvgIpc) is 3.59. The Labute approximate surface area is 244 Å². The van der Waals surface area contributed by atoms with Crippen LogP contribution in [0, 0.1) is 18.7 Å². The highest BCUT2D eigenvalue weighted by molar-refractivity contribution is 7.15. The number of para-hydroxylation sites is 1. The summed E-state index contributed by atoms with van der Waals surface area (Å²) in [5.41, 5.74) is 0.304. The molecule has 0 aliphatic carbocycles. The molecular formula is C32H25FN4O4S. The molecule has 4 heterocycles. The van der Waals surface area contributed by atoms with Crippen LogP contribution in [0.1, 0.15) is 51.7 Å². The number of hydrogen-bond donors (Lipinski definition) is 0. The number of benzene rings is 3. The van der Waals surface area contributed by atoms with Crippen LogP contribution in [-0.2, 0) is 23.3 Å². The fourth-order valence-corrected chi connectivity index (χ4v) is 7.04. The number of aryl methyl sites for hydroxylation is 1. The molecule has 0 radical (unpaired) electrons. The second kappa shape index (κ2) is 9.42. The summed E-state index contributed by atoms with van der Waals surface area (Å²) in [5.74, 6) is -1.79. The van der Waals surface area contributed by atoms with Crippen LogP contribution in [0.4, 0.5) is 15.2 Å². The molecule has 1 atom stereocenters. The number of fused-ring (bicyclic) bond motifs is 5. The van der Waals surface area contributed by atoms with E-state index in [0.717, 1.165) is 23.3 Å². The smallest absolute Gasteiger partial charge is 0.297 e. The minimum absolute atomic E-state index is 0.0530. The van der Waals surface area contributed by atoms with Crippen molar-refractivity contribution in [2.75, 3.05) is 9.80 Å². The number of amides is 2. The maximum atomic E-state index is 14.9. The van der Waals surface area contributed by atoms with Crippen LogP contribution in [0.5, 0.6) is 0 Å². The number of halogens is 1. The van der Waals surface area contributed by atoms with Crippen molar-refractivity contribution in [3.63, 3.8) is 0 Å². The van der Waals surface area contributed by atoms with Crippen LogP contribution < -0.4 is 15.2 Å². The quantitative estimate of drug-likeness (QED) is 0.263. The third-order valence-corrected chi connectivity index (χ3v) is 8.71. The first-order chi connectivity index (χ1) is 20.2. The molecule has 0 saturated carbocycles. The molecule has 8 nitrogen and oxygen atoms in total. The van der Waals surface area contributed by atoms with E-state index in [1.165, 1.54) is 22.3 Å². The lowest BCUT2D eigenvalue weighted by Gasteiger charge is -2.32. The Kier molecular flexibility index (Phi) is 5.88. The molecule has 1 unspecified atom stereocenters. The number of carbonyl (C=O) groups excluding carboxylic acids is 2.